The van der Waals surface area contributed by atoms with E-state index in [1.165, 1.54) is 12.1 Å². The standard InChI is InChI=1S/C26H27F2N5O2/c1-29-31-24(10-16-7-9-32(14-16)26(35)18-3-4-18)33(15-34)25-21(27)11-20(12-22(25)28)19-5-2-17-6-8-30-23(17)13-19/h2,5-6,8,11-13,15-16,18,29-30H,3-4,7,9-10,14H2,1H3/b31-24-. The summed E-state index contributed by atoms with van der Waals surface area (Å²) in [6.07, 6.45) is 5.12. The van der Waals surface area contributed by atoms with E-state index in [-0.39, 0.29) is 23.6 Å². The van der Waals surface area contributed by atoms with Gasteiger partial charge in [0.25, 0.3) is 0 Å². The molecule has 5 rings (SSSR count). The first kappa shape index (κ1) is 23.0. The number of hydrogen-bond acceptors (Lipinski definition) is 4. The minimum Gasteiger partial charge on any atom is -0.361 e. The zero-order valence-corrected chi connectivity index (χ0v) is 19.4. The van der Waals surface area contributed by atoms with Gasteiger partial charge >= 0.3 is 0 Å². The van der Waals surface area contributed by atoms with Crippen molar-refractivity contribution >= 4 is 34.7 Å². The van der Waals surface area contributed by atoms with Crippen molar-refractivity contribution in [3.63, 3.8) is 0 Å². The number of hydrogen-bond donors (Lipinski definition) is 2. The fourth-order valence-electron chi connectivity index (χ4n) is 4.81. The maximum absolute atomic E-state index is 15.3. The smallest absolute Gasteiger partial charge is 0.225 e. The molecule has 1 saturated heterocycles. The van der Waals surface area contributed by atoms with E-state index in [9.17, 15) is 9.59 Å². The Hall–Kier alpha value is -3.75. The Morgan fingerprint density at radius 3 is 2.63 bits per heavy atom. The molecule has 0 radical (unpaired) electrons. The number of nitrogens with zero attached hydrogens (tertiary/aromatic N) is 3. The van der Waals surface area contributed by atoms with Crippen LogP contribution >= 0.6 is 0 Å². The topological polar surface area (TPSA) is 80.8 Å². The van der Waals surface area contributed by atoms with E-state index in [0.717, 1.165) is 35.1 Å². The van der Waals surface area contributed by atoms with Gasteiger partial charge in [0.2, 0.25) is 12.3 Å². The van der Waals surface area contributed by atoms with Crippen LogP contribution in [0.4, 0.5) is 14.5 Å². The summed E-state index contributed by atoms with van der Waals surface area (Å²) in [5, 5.41) is 5.16. The summed E-state index contributed by atoms with van der Waals surface area (Å²) in [4.78, 5) is 30.3. The number of anilines is 1. The molecule has 0 bridgehead atoms. The summed E-state index contributed by atoms with van der Waals surface area (Å²) >= 11 is 0. The number of aromatic amines is 1. The number of fused-ring (bicyclic) bond motifs is 1. The van der Waals surface area contributed by atoms with Crippen LogP contribution in [0.15, 0.2) is 47.7 Å². The number of halogens is 2. The third kappa shape index (κ3) is 4.62. The van der Waals surface area contributed by atoms with Crippen molar-refractivity contribution < 1.29 is 18.4 Å². The first-order valence-corrected chi connectivity index (χ1v) is 11.8. The number of benzene rings is 2. The largest absolute Gasteiger partial charge is 0.361 e. The second-order valence-electron chi connectivity index (χ2n) is 9.21. The number of aromatic nitrogens is 1. The number of rotatable bonds is 7. The highest BCUT2D eigenvalue weighted by Gasteiger charge is 2.37. The van der Waals surface area contributed by atoms with Crippen molar-refractivity contribution in [2.24, 2.45) is 16.9 Å². The van der Waals surface area contributed by atoms with Crippen LogP contribution in [0.25, 0.3) is 22.0 Å². The molecule has 1 unspecified atom stereocenters. The van der Waals surface area contributed by atoms with Crippen LogP contribution in [0.5, 0.6) is 0 Å². The van der Waals surface area contributed by atoms with Crippen LogP contribution in [0.1, 0.15) is 25.7 Å². The minimum absolute atomic E-state index is 0.0465. The Labute approximate surface area is 201 Å². The van der Waals surface area contributed by atoms with Crippen molar-refractivity contribution in [2.45, 2.75) is 25.7 Å². The van der Waals surface area contributed by atoms with Crippen molar-refractivity contribution in [1.82, 2.24) is 15.3 Å². The molecule has 9 heteroatoms. The Morgan fingerprint density at radius 2 is 1.94 bits per heavy atom. The second-order valence-corrected chi connectivity index (χ2v) is 9.21. The van der Waals surface area contributed by atoms with E-state index in [1.807, 2.05) is 23.1 Å². The molecule has 0 spiro atoms. The normalized spacial score (nSPS) is 18.2. The molecule has 2 heterocycles. The molecule has 2 N–H and O–H groups in total. The van der Waals surface area contributed by atoms with Gasteiger partial charge in [0.05, 0.1) is 0 Å². The predicted octanol–water partition coefficient (Wildman–Crippen LogP) is 4.26. The third-order valence-corrected chi connectivity index (χ3v) is 6.77. The van der Waals surface area contributed by atoms with Gasteiger partial charge in [-0.2, -0.15) is 5.10 Å². The monoisotopic (exact) mass is 479 g/mol. The molecular formula is C26H27F2N5O2. The summed E-state index contributed by atoms with van der Waals surface area (Å²) < 4.78 is 30.6. The molecule has 1 aliphatic heterocycles. The lowest BCUT2D eigenvalue weighted by molar-refractivity contribution is -0.131. The summed E-state index contributed by atoms with van der Waals surface area (Å²) in [6.45, 7) is 1.20. The van der Waals surface area contributed by atoms with Gasteiger partial charge in [-0.3, -0.25) is 14.5 Å². The Kier molecular flexibility index (Phi) is 6.23. The van der Waals surface area contributed by atoms with E-state index in [2.05, 4.69) is 15.5 Å². The van der Waals surface area contributed by atoms with Gasteiger partial charge < -0.3 is 15.3 Å². The van der Waals surface area contributed by atoms with Crippen LogP contribution in [0, 0.1) is 23.5 Å². The quantitative estimate of drug-likeness (QED) is 0.230. The van der Waals surface area contributed by atoms with Gasteiger partial charge in [-0.1, -0.05) is 12.1 Å². The highest BCUT2D eigenvalue weighted by Crippen LogP contribution is 2.35. The number of H-pyrrole nitrogens is 1. The molecule has 2 aromatic carbocycles. The molecule has 1 aliphatic carbocycles. The van der Waals surface area contributed by atoms with E-state index in [0.29, 0.717) is 37.0 Å². The molecule has 1 saturated carbocycles. The molecule has 3 aromatic rings. The number of nitrogens with one attached hydrogen (secondary N) is 2. The van der Waals surface area contributed by atoms with E-state index >= 15 is 8.78 Å². The SMILES string of the molecule is CN/N=C(/CC1CCN(C(=O)C2CC2)C1)N(C=O)c1c(F)cc(-c2ccc3cc[nH]c3c2)cc1F. The number of amidine groups is 1. The van der Waals surface area contributed by atoms with Crippen molar-refractivity contribution in [1.29, 1.82) is 0 Å². The summed E-state index contributed by atoms with van der Waals surface area (Å²) in [7, 11) is 1.56. The summed E-state index contributed by atoms with van der Waals surface area (Å²) in [5.41, 5.74) is 4.04. The van der Waals surface area contributed by atoms with Crippen molar-refractivity contribution in [3.8, 4) is 11.1 Å². The number of likely N-dealkylation sites (tertiary alicyclic amines) is 1. The Balaban J connectivity index is 1.39. The number of carbonyl (C=O) groups is 2. The highest BCUT2D eigenvalue weighted by atomic mass is 19.1. The zero-order valence-electron chi connectivity index (χ0n) is 19.4. The van der Waals surface area contributed by atoms with Crippen molar-refractivity contribution in [2.75, 3.05) is 25.0 Å². The minimum atomic E-state index is -0.862. The Morgan fingerprint density at radius 1 is 1.17 bits per heavy atom. The lowest BCUT2D eigenvalue weighted by Crippen LogP contribution is -2.35. The van der Waals surface area contributed by atoms with E-state index < -0.39 is 17.3 Å². The van der Waals surface area contributed by atoms with E-state index in [4.69, 9.17) is 0 Å². The Bertz CT molecular complexity index is 1280. The van der Waals surface area contributed by atoms with Gasteiger partial charge in [0.1, 0.15) is 11.5 Å². The van der Waals surface area contributed by atoms with Crippen LogP contribution in [-0.2, 0) is 9.59 Å². The van der Waals surface area contributed by atoms with Crippen LogP contribution in [-0.4, -0.2) is 48.2 Å². The first-order chi connectivity index (χ1) is 17.0. The number of carbonyl (C=O) groups excluding carboxylic acids is 2. The molecule has 2 fully saturated rings. The molecule has 1 aromatic heterocycles. The molecule has 1 atom stereocenters. The van der Waals surface area contributed by atoms with E-state index in [1.54, 1.807) is 19.3 Å². The molecule has 35 heavy (non-hydrogen) atoms. The van der Waals surface area contributed by atoms with Gasteiger partial charge in [0.15, 0.2) is 11.6 Å². The maximum atomic E-state index is 15.3. The van der Waals surface area contributed by atoms with Gasteiger partial charge in [-0.05, 0) is 66.0 Å². The van der Waals surface area contributed by atoms with Gasteiger partial charge in [-0.15, -0.1) is 0 Å². The third-order valence-electron chi connectivity index (χ3n) is 6.77. The fourth-order valence-corrected chi connectivity index (χ4v) is 4.81. The molecular weight excluding hydrogens is 452 g/mol. The predicted molar refractivity (Wildman–Crippen MR) is 131 cm³/mol. The molecule has 2 amide bonds. The van der Waals surface area contributed by atoms with Crippen LogP contribution < -0.4 is 10.3 Å². The van der Waals surface area contributed by atoms with Gasteiger partial charge in [0, 0.05) is 44.2 Å². The average molecular weight is 480 g/mol. The zero-order chi connectivity index (χ0) is 24.5. The summed E-state index contributed by atoms with van der Waals surface area (Å²) in [5.74, 6) is -1.15. The lowest BCUT2D eigenvalue weighted by Gasteiger charge is -2.23. The molecule has 7 nitrogen and oxygen atoms in total. The van der Waals surface area contributed by atoms with Crippen molar-refractivity contribution in [3.05, 3.63) is 54.2 Å². The highest BCUT2D eigenvalue weighted by molar-refractivity contribution is 6.10. The lowest BCUT2D eigenvalue weighted by atomic mass is 10.0. The average Bonchev–Trinajstić information content (AvgIpc) is 3.41. The first-order valence-electron chi connectivity index (χ1n) is 11.8. The summed E-state index contributed by atoms with van der Waals surface area (Å²) in [6, 6.07) is 9.86. The van der Waals surface area contributed by atoms with Gasteiger partial charge in [-0.25, -0.2) is 8.78 Å². The van der Waals surface area contributed by atoms with Crippen LogP contribution in [0.3, 0.4) is 0 Å². The molecule has 2 aliphatic rings. The number of amides is 2. The second kappa shape index (κ2) is 9.48. The van der Waals surface area contributed by atoms with Crippen LogP contribution in [0.2, 0.25) is 0 Å². The fraction of sp³-hybridized carbons (Fsp3) is 0.346. The maximum Gasteiger partial charge on any atom is 0.225 e. The molecule has 182 valence electrons. The number of hydrazone groups is 1.